The summed E-state index contributed by atoms with van der Waals surface area (Å²) in [6.45, 7) is 0.843. The summed E-state index contributed by atoms with van der Waals surface area (Å²) in [5.41, 5.74) is 6.05. The zero-order valence-corrected chi connectivity index (χ0v) is 10.2. The fourth-order valence-electron chi connectivity index (χ4n) is 1.28. The molecular formula is C12H17FN2O3. The summed E-state index contributed by atoms with van der Waals surface area (Å²) >= 11 is 0. The average molecular weight is 256 g/mol. The molecule has 0 aliphatic carbocycles. The molecule has 0 radical (unpaired) electrons. The summed E-state index contributed by atoms with van der Waals surface area (Å²) in [7, 11) is 1.54. The fraction of sp³-hybridized carbons (Fsp3) is 0.417. The number of benzene rings is 1. The van der Waals surface area contributed by atoms with Crippen molar-refractivity contribution in [2.24, 2.45) is 5.73 Å². The summed E-state index contributed by atoms with van der Waals surface area (Å²) in [5.74, 6) is -0.814. The van der Waals surface area contributed by atoms with Crippen molar-refractivity contribution in [2.45, 2.75) is 6.54 Å². The number of nitrogens with two attached hydrogens (primary N) is 1. The maximum Gasteiger partial charge on any atom is 0.258 e. The van der Waals surface area contributed by atoms with Gasteiger partial charge in [-0.1, -0.05) is 6.07 Å². The maximum atomic E-state index is 13.5. The lowest BCUT2D eigenvalue weighted by Gasteiger charge is -2.08. The van der Waals surface area contributed by atoms with Gasteiger partial charge in [-0.3, -0.25) is 4.79 Å². The zero-order valence-electron chi connectivity index (χ0n) is 10.2. The Labute approximate surface area is 105 Å². The summed E-state index contributed by atoms with van der Waals surface area (Å²) < 4.78 is 23.3. The molecule has 18 heavy (non-hydrogen) atoms. The van der Waals surface area contributed by atoms with Gasteiger partial charge in [0, 0.05) is 20.2 Å². The van der Waals surface area contributed by atoms with Crippen molar-refractivity contribution >= 4 is 5.91 Å². The molecule has 0 fully saturated rings. The molecule has 1 aromatic carbocycles. The molecule has 0 aliphatic heterocycles. The first kappa shape index (κ1) is 14.4. The Bertz CT molecular complexity index is 399. The van der Waals surface area contributed by atoms with Crippen LogP contribution in [0.3, 0.4) is 0 Å². The topological polar surface area (TPSA) is 73.6 Å². The molecule has 6 heteroatoms. The molecular weight excluding hydrogens is 239 g/mol. The molecule has 3 N–H and O–H groups in total. The van der Waals surface area contributed by atoms with Gasteiger partial charge in [0.15, 0.2) is 18.2 Å². The van der Waals surface area contributed by atoms with E-state index in [0.29, 0.717) is 18.7 Å². The van der Waals surface area contributed by atoms with Crippen LogP contribution >= 0.6 is 0 Å². The molecule has 0 saturated heterocycles. The molecule has 0 atom stereocenters. The Balaban J connectivity index is 2.41. The smallest absolute Gasteiger partial charge is 0.258 e. The van der Waals surface area contributed by atoms with Gasteiger partial charge in [-0.2, -0.15) is 0 Å². The van der Waals surface area contributed by atoms with E-state index in [1.807, 2.05) is 0 Å². The largest absolute Gasteiger partial charge is 0.481 e. The van der Waals surface area contributed by atoms with Crippen LogP contribution in [0.1, 0.15) is 5.56 Å². The number of ether oxygens (including phenoxy) is 2. The second-order valence-corrected chi connectivity index (χ2v) is 3.60. The van der Waals surface area contributed by atoms with Crippen LogP contribution in [0.5, 0.6) is 5.75 Å². The zero-order chi connectivity index (χ0) is 13.4. The van der Waals surface area contributed by atoms with Gasteiger partial charge in [0.2, 0.25) is 0 Å². The Hall–Kier alpha value is -1.66. The standard InChI is InChI=1S/C12H17FN2O3/c1-17-5-4-15-12(16)8-18-11-3-2-9(7-14)6-10(11)13/h2-3,6H,4-5,7-8,14H2,1H3,(H,15,16). The van der Waals surface area contributed by atoms with Crippen LogP contribution in [-0.4, -0.2) is 32.8 Å². The number of hydrogen-bond acceptors (Lipinski definition) is 4. The average Bonchev–Trinajstić information content (AvgIpc) is 2.37. The van der Waals surface area contributed by atoms with Gasteiger partial charge < -0.3 is 20.5 Å². The van der Waals surface area contributed by atoms with Crippen LogP contribution in [0.2, 0.25) is 0 Å². The van der Waals surface area contributed by atoms with Gasteiger partial charge in [-0.25, -0.2) is 4.39 Å². The van der Waals surface area contributed by atoms with Gasteiger partial charge >= 0.3 is 0 Å². The van der Waals surface area contributed by atoms with E-state index in [0.717, 1.165) is 0 Å². The van der Waals surface area contributed by atoms with Crippen LogP contribution < -0.4 is 15.8 Å². The molecule has 1 amide bonds. The molecule has 1 rings (SSSR count). The number of carbonyl (C=O) groups is 1. The van der Waals surface area contributed by atoms with Crippen LogP contribution in [0, 0.1) is 5.82 Å². The number of methoxy groups -OCH3 is 1. The highest BCUT2D eigenvalue weighted by atomic mass is 19.1. The van der Waals surface area contributed by atoms with E-state index in [2.05, 4.69) is 5.32 Å². The van der Waals surface area contributed by atoms with Crippen molar-refractivity contribution in [3.05, 3.63) is 29.6 Å². The van der Waals surface area contributed by atoms with Gasteiger partial charge in [-0.15, -0.1) is 0 Å². The maximum absolute atomic E-state index is 13.5. The molecule has 5 nitrogen and oxygen atoms in total. The minimum Gasteiger partial charge on any atom is -0.481 e. The second kappa shape index (κ2) is 7.62. The molecule has 0 bridgehead atoms. The van der Waals surface area contributed by atoms with E-state index in [1.165, 1.54) is 19.2 Å². The van der Waals surface area contributed by atoms with Crippen LogP contribution in [0.15, 0.2) is 18.2 Å². The second-order valence-electron chi connectivity index (χ2n) is 3.60. The van der Waals surface area contributed by atoms with Gasteiger partial charge in [0.25, 0.3) is 5.91 Å². The molecule has 100 valence electrons. The van der Waals surface area contributed by atoms with Gasteiger partial charge in [-0.05, 0) is 17.7 Å². The first-order valence-electron chi connectivity index (χ1n) is 5.54. The number of rotatable bonds is 7. The molecule has 1 aromatic rings. The number of nitrogens with one attached hydrogen (secondary N) is 1. The normalized spacial score (nSPS) is 10.2. The van der Waals surface area contributed by atoms with Crippen molar-refractivity contribution in [3.8, 4) is 5.75 Å². The molecule has 0 heterocycles. The lowest BCUT2D eigenvalue weighted by molar-refractivity contribution is -0.123. The van der Waals surface area contributed by atoms with Crippen molar-refractivity contribution in [1.29, 1.82) is 0 Å². The van der Waals surface area contributed by atoms with Crippen LogP contribution in [0.4, 0.5) is 4.39 Å². The molecule has 0 aliphatic rings. The fourth-order valence-corrected chi connectivity index (χ4v) is 1.28. The summed E-state index contributed by atoms with van der Waals surface area (Å²) in [6.07, 6.45) is 0. The van der Waals surface area contributed by atoms with Crippen molar-refractivity contribution in [1.82, 2.24) is 5.32 Å². The summed E-state index contributed by atoms with van der Waals surface area (Å²) in [6, 6.07) is 4.40. The minimum absolute atomic E-state index is 0.0362. The van der Waals surface area contributed by atoms with Crippen molar-refractivity contribution in [2.75, 3.05) is 26.9 Å². The predicted molar refractivity (Wildman–Crippen MR) is 64.7 cm³/mol. The third-order valence-corrected chi connectivity index (χ3v) is 2.22. The lowest BCUT2D eigenvalue weighted by atomic mass is 10.2. The summed E-state index contributed by atoms with van der Waals surface area (Å²) in [4.78, 5) is 11.3. The van der Waals surface area contributed by atoms with E-state index in [1.54, 1.807) is 6.07 Å². The predicted octanol–water partition coefficient (Wildman–Crippen LogP) is 0.426. The van der Waals surface area contributed by atoms with E-state index in [4.69, 9.17) is 15.2 Å². The first-order chi connectivity index (χ1) is 8.67. The van der Waals surface area contributed by atoms with Gasteiger partial charge in [0.05, 0.1) is 6.61 Å². The Morgan fingerprint density at radius 2 is 2.28 bits per heavy atom. The minimum atomic E-state index is -0.525. The first-order valence-corrected chi connectivity index (χ1v) is 5.54. The highest BCUT2D eigenvalue weighted by molar-refractivity contribution is 5.77. The third-order valence-electron chi connectivity index (χ3n) is 2.22. The van der Waals surface area contributed by atoms with E-state index < -0.39 is 5.82 Å². The number of halogens is 1. The van der Waals surface area contributed by atoms with Crippen molar-refractivity contribution in [3.63, 3.8) is 0 Å². The molecule has 0 unspecified atom stereocenters. The SMILES string of the molecule is COCCNC(=O)COc1ccc(CN)cc1F. The third kappa shape index (κ3) is 4.68. The molecule has 0 aromatic heterocycles. The Morgan fingerprint density at radius 3 is 2.89 bits per heavy atom. The van der Waals surface area contributed by atoms with Crippen LogP contribution in [0.25, 0.3) is 0 Å². The van der Waals surface area contributed by atoms with E-state index in [9.17, 15) is 9.18 Å². The van der Waals surface area contributed by atoms with E-state index >= 15 is 0 Å². The monoisotopic (exact) mass is 256 g/mol. The van der Waals surface area contributed by atoms with E-state index in [-0.39, 0.29) is 24.8 Å². The number of carbonyl (C=O) groups excluding carboxylic acids is 1. The van der Waals surface area contributed by atoms with Gasteiger partial charge in [0.1, 0.15) is 0 Å². The Kier molecular flexibility index (Phi) is 6.10. The number of hydrogen-bond donors (Lipinski definition) is 2. The quantitative estimate of drug-likeness (QED) is 0.694. The molecule has 0 spiro atoms. The summed E-state index contributed by atoms with van der Waals surface area (Å²) in [5, 5.41) is 2.56. The molecule has 0 saturated carbocycles. The number of amides is 1. The van der Waals surface area contributed by atoms with Crippen molar-refractivity contribution < 1.29 is 18.7 Å². The lowest BCUT2D eigenvalue weighted by Crippen LogP contribution is -2.31. The van der Waals surface area contributed by atoms with Crippen LogP contribution in [-0.2, 0) is 16.1 Å². The highest BCUT2D eigenvalue weighted by Gasteiger charge is 2.07. The highest BCUT2D eigenvalue weighted by Crippen LogP contribution is 2.17. The Morgan fingerprint density at radius 1 is 1.50 bits per heavy atom.